The fourth-order valence-electron chi connectivity index (χ4n) is 2.49. The van der Waals surface area contributed by atoms with Gasteiger partial charge in [-0.15, -0.1) is 0 Å². The second-order valence-electron chi connectivity index (χ2n) is 4.61. The number of fused-ring (bicyclic) bond motifs is 3. The van der Waals surface area contributed by atoms with Gasteiger partial charge in [-0.25, -0.2) is 0 Å². The predicted molar refractivity (Wildman–Crippen MR) is 65.7 cm³/mol. The second-order valence-corrected chi connectivity index (χ2v) is 4.61. The first-order chi connectivity index (χ1) is 8.31. The summed E-state index contributed by atoms with van der Waals surface area (Å²) in [7, 11) is 2.09. The van der Waals surface area contributed by atoms with Crippen LogP contribution in [0.15, 0.2) is 24.3 Å². The van der Waals surface area contributed by atoms with E-state index >= 15 is 0 Å². The van der Waals surface area contributed by atoms with E-state index in [4.69, 9.17) is 4.74 Å². The third kappa shape index (κ3) is 1.64. The molecule has 1 aromatic carbocycles. The number of hydrogen-bond donors (Lipinski definition) is 1. The number of nitrogens with zero attached hydrogens (tertiary/aromatic N) is 2. The van der Waals surface area contributed by atoms with E-state index in [1.165, 1.54) is 11.1 Å². The molecule has 90 valence electrons. The molecular weight excluding hydrogens is 214 g/mol. The Hall–Kier alpha value is -1.39. The summed E-state index contributed by atoms with van der Waals surface area (Å²) in [6.45, 7) is 3.81. The van der Waals surface area contributed by atoms with Gasteiger partial charge in [0.05, 0.1) is 31.4 Å². The van der Waals surface area contributed by atoms with Crippen LogP contribution in [0.1, 0.15) is 18.7 Å². The highest BCUT2D eigenvalue weighted by molar-refractivity contribution is 5.82. The van der Waals surface area contributed by atoms with Gasteiger partial charge in [-0.05, 0) is 13.0 Å². The Kier molecular flexibility index (Phi) is 2.61. The first kappa shape index (κ1) is 10.7. The average Bonchev–Trinajstić information content (AvgIpc) is 2.76. The van der Waals surface area contributed by atoms with Crippen LogP contribution in [0.25, 0.3) is 10.9 Å². The molecule has 0 aliphatic carbocycles. The van der Waals surface area contributed by atoms with Crippen LogP contribution in [0.3, 0.4) is 0 Å². The van der Waals surface area contributed by atoms with Gasteiger partial charge in [0.1, 0.15) is 6.04 Å². The predicted octanol–water partition coefficient (Wildman–Crippen LogP) is 0.689. The average molecular weight is 232 g/mol. The van der Waals surface area contributed by atoms with E-state index < -0.39 is 0 Å². The normalized spacial score (nSPS) is 21.4. The number of nitrogens with two attached hydrogens (primary N) is 1. The lowest BCUT2D eigenvalue weighted by Crippen LogP contribution is -2.86. The standard InChI is InChI=1S/C13H17N3O/c1-9(14-2)13-12-10-5-3-4-6-11(10)15-16(12)7-8-17-13/h3-6,9,13-14H,7-8H2,1-2H3/p+1/t9-,13+/m0/s1. The van der Waals surface area contributed by atoms with E-state index in [0.29, 0.717) is 6.04 Å². The fourth-order valence-corrected chi connectivity index (χ4v) is 2.49. The Labute approximate surface area is 101 Å². The second kappa shape index (κ2) is 4.13. The maximum Gasteiger partial charge on any atom is 0.151 e. The Morgan fingerprint density at radius 1 is 1.47 bits per heavy atom. The van der Waals surface area contributed by atoms with Crippen molar-refractivity contribution in [2.45, 2.75) is 25.6 Å². The van der Waals surface area contributed by atoms with Crippen molar-refractivity contribution in [3.63, 3.8) is 0 Å². The largest absolute Gasteiger partial charge is 0.364 e. The molecule has 0 fully saturated rings. The quantitative estimate of drug-likeness (QED) is 0.828. The molecule has 0 spiro atoms. The molecule has 0 amide bonds. The minimum Gasteiger partial charge on any atom is -0.364 e. The van der Waals surface area contributed by atoms with Crippen molar-refractivity contribution in [3.05, 3.63) is 30.0 Å². The van der Waals surface area contributed by atoms with Gasteiger partial charge in [0, 0.05) is 5.39 Å². The number of likely N-dealkylation sites (N-methyl/N-ethyl adjacent to an activating group) is 1. The van der Waals surface area contributed by atoms with Gasteiger partial charge in [0.25, 0.3) is 0 Å². The summed E-state index contributed by atoms with van der Waals surface area (Å²) in [6.07, 6.45) is 0.140. The van der Waals surface area contributed by atoms with Gasteiger partial charge in [-0.1, -0.05) is 18.2 Å². The van der Waals surface area contributed by atoms with Crippen LogP contribution in [0.5, 0.6) is 0 Å². The molecule has 2 atom stereocenters. The number of aromatic nitrogens is 2. The van der Waals surface area contributed by atoms with Gasteiger partial charge in [0.15, 0.2) is 6.10 Å². The molecule has 0 saturated carbocycles. The first-order valence-corrected chi connectivity index (χ1v) is 6.18. The molecule has 3 rings (SSSR count). The first-order valence-electron chi connectivity index (χ1n) is 6.18. The molecule has 0 saturated heterocycles. The van der Waals surface area contributed by atoms with E-state index in [1.54, 1.807) is 0 Å². The third-order valence-corrected chi connectivity index (χ3v) is 3.56. The van der Waals surface area contributed by atoms with E-state index in [2.05, 4.69) is 47.3 Å². The van der Waals surface area contributed by atoms with Gasteiger partial charge in [-0.3, -0.25) is 4.68 Å². The molecule has 1 aromatic heterocycles. The van der Waals surface area contributed by atoms with Gasteiger partial charge in [0.2, 0.25) is 0 Å². The molecule has 0 unspecified atom stereocenters. The summed E-state index contributed by atoms with van der Waals surface area (Å²) in [5.41, 5.74) is 2.30. The number of benzene rings is 1. The molecule has 2 aromatic rings. The van der Waals surface area contributed by atoms with Crippen molar-refractivity contribution in [2.24, 2.45) is 0 Å². The number of rotatable bonds is 2. The maximum atomic E-state index is 5.93. The van der Waals surface area contributed by atoms with Crippen LogP contribution >= 0.6 is 0 Å². The van der Waals surface area contributed by atoms with E-state index in [-0.39, 0.29) is 6.10 Å². The molecule has 4 heteroatoms. The molecule has 1 aliphatic rings. The zero-order valence-corrected chi connectivity index (χ0v) is 10.3. The summed E-state index contributed by atoms with van der Waals surface area (Å²) in [5.74, 6) is 0. The minimum atomic E-state index is 0.140. The van der Waals surface area contributed by atoms with Crippen LogP contribution in [-0.4, -0.2) is 29.5 Å². The topological polar surface area (TPSA) is 43.7 Å². The van der Waals surface area contributed by atoms with Crippen LogP contribution in [0.2, 0.25) is 0 Å². The minimum absolute atomic E-state index is 0.140. The molecule has 17 heavy (non-hydrogen) atoms. The smallest absolute Gasteiger partial charge is 0.151 e. The molecule has 2 N–H and O–H groups in total. The Morgan fingerprint density at radius 2 is 2.29 bits per heavy atom. The summed E-state index contributed by atoms with van der Waals surface area (Å²) >= 11 is 0. The van der Waals surface area contributed by atoms with Gasteiger partial charge >= 0.3 is 0 Å². The van der Waals surface area contributed by atoms with Crippen LogP contribution < -0.4 is 5.32 Å². The molecule has 1 aliphatic heterocycles. The van der Waals surface area contributed by atoms with Crippen molar-refractivity contribution in [1.82, 2.24) is 9.78 Å². The molecule has 0 radical (unpaired) electrons. The lowest BCUT2D eigenvalue weighted by molar-refractivity contribution is -0.670. The maximum absolute atomic E-state index is 5.93. The van der Waals surface area contributed by atoms with Crippen LogP contribution in [0.4, 0.5) is 0 Å². The van der Waals surface area contributed by atoms with Crippen LogP contribution in [-0.2, 0) is 11.3 Å². The van der Waals surface area contributed by atoms with E-state index in [9.17, 15) is 0 Å². The van der Waals surface area contributed by atoms with Gasteiger partial charge < -0.3 is 10.1 Å². The molecule has 2 heterocycles. The number of hydrogen-bond acceptors (Lipinski definition) is 2. The number of quaternary nitrogens is 1. The summed E-state index contributed by atoms with van der Waals surface area (Å²) < 4.78 is 8.04. The summed E-state index contributed by atoms with van der Waals surface area (Å²) in [4.78, 5) is 0. The van der Waals surface area contributed by atoms with E-state index in [0.717, 1.165) is 18.7 Å². The fraction of sp³-hybridized carbons (Fsp3) is 0.462. The van der Waals surface area contributed by atoms with Crippen molar-refractivity contribution in [3.8, 4) is 0 Å². The third-order valence-electron chi connectivity index (χ3n) is 3.56. The Morgan fingerprint density at radius 3 is 3.12 bits per heavy atom. The lowest BCUT2D eigenvalue weighted by Gasteiger charge is -2.27. The molecule has 0 bridgehead atoms. The Bertz CT molecular complexity index is 534. The monoisotopic (exact) mass is 232 g/mol. The van der Waals surface area contributed by atoms with Crippen molar-refractivity contribution < 1.29 is 10.1 Å². The SMILES string of the molecule is C[NH2+][C@@H](C)[C@H]1OCCn2nc3ccccc3c21. The highest BCUT2D eigenvalue weighted by Gasteiger charge is 2.30. The zero-order chi connectivity index (χ0) is 11.8. The molecule has 4 nitrogen and oxygen atoms in total. The highest BCUT2D eigenvalue weighted by atomic mass is 16.5. The van der Waals surface area contributed by atoms with E-state index in [1.807, 2.05) is 6.07 Å². The van der Waals surface area contributed by atoms with Crippen molar-refractivity contribution in [2.75, 3.05) is 13.7 Å². The summed E-state index contributed by atoms with van der Waals surface area (Å²) in [5, 5.41) is 8.07. The zero-order valence-electron chi connectivity index (χ0n) is 10.3. The Balaban J connectivity index is 2.17. The van der Waals surface area contributed by atoms with Gasteiger partial charge in [-0.2, -0.15) is 5.10 Å². The van der Waals surface area contributed by atoms with Crippen molar-refractivity contribution in [1.29, 1.82) is 0 Å². The van der Waals surface area contributed by atoms with Crippen LogP contribution in [0, 0.1) is 0 Å². The highest BCUT2D eigenvalue weighted by Crippen LogP contribution is 2.30. The summed E-state index contributed by atoms with van der Waals surface area (Å²) in [6, 6.07) is 8.72. The molecular formula is C13H18N3O+. The van der Waals surface area contributed by atoms with Crippen molar-refractivity contribution >= 4 is 10.9 Å². The number of ether oxygens (including phenoxy) is 1. The lowest BCUT2D eigenvalue weighted by atomic mass is 10.0.